The Labute approximate surface area is 192 Å². The number of halogens is 1. The molecule has 1 amide bonds. The highest BCUT2D eigenvalue weighted by Gasteiger charge is 2.27. The molecule has 1 aliphatic heterocycles. The van der Waals surface area contributed by atoms with E-state index in [1.165, 1.54) is 35.5 Å². The first-order valence-corrected chi connectivity index (χ1v) is 12.1. The number of piperazine rings is 1. The fourth-order valence-corrected chi connectivity index (χ4v) is 5.77. The van der Waals surface area contributed by atoms with Gasteiger partial charge in [-0.05, 0) is 48.9 Å². The summed E-state index contributed by atoms with van der Waals surface area (Å²) in [7, 11) is 1.39. The van der Waals surface area contributed by atoms with Gasteiger partial charge in [0.15, 0.2) is 0 Å². The summed E-state index contributed by atoms with van der Waals surface area (Å²) in [6, 6.07) is 6.61. The molecule has 1 aromatic carbocycles. The van der Waals surface area contributed by atoms with Gasteiger partial charge in [0.1, 0.15) is 10.8 Å². The maximum absolute atomic E-state index is 13.1. The first-order valence-electron chi connectivity index (χ1n) is 11.3. The van der Waals surface area contributed by atoms with E-state index in [2.05, 4.69) is 15.1 Å². The van der Waals surface area contributed by atoms with Crippen molar-refractivity contribution in [3.8, 4) is 0 Å². The van der Waals surface area contributed by atoms with Gasteiger partial charge in [0.2, 0.25) is 5.91 Å². The van der Waals surface area contributed by atoms with Gasteiger partial charge in [0, 0.05) is 37.6 Å². The Balaban J connectivity index is 1.32. The van der Waals surface area contributed by atoms with Crippen molar-refractivity contribution in [1.29, 1.82) is 0 Å². The molecule has 0 atom stereocenters. The van der Waals surface area contributed by atoms with Crippen molar-refractivity contribution in [3.63, 3.8) is 0 Å². The van der Waals surface area contributed by atoms with E-state index in [1.54, 1.807) is 0 Å². The number of hydrogen-bond acceptors (Lipinski definition) is 6. The van der Waals surface area contributed by atoms with Crippen molar-refractivity contribution in [3.05, 3.63) is 51.7 Å². The van der Waals surface area contributed by atoms with Gasteiger partial charge in [-0.15, -0.1) is 11.3 Å². The van der Waals surface area contributed by atoms with Crippen LogP contribution in [-0.2, 0) is 28.9 Å². The molecule has 1 saturated heterocycles. The zero-order valence-corrected chi connectivity index (χ0v) is 19.3. The number of carbonyl (C=O) groups is 2. The smallest absolute Gasteiger partial charge is 0.341 e. The fourth-order valence-electron chi connectivity index (χ4n) is 4.47. The van der Waals surface area contributed by atoms with Gasteiger partial charge in [0.25, 0.3) is 0 Å². The van der Waals surface area contributed by atoms with Crippen LogP contribution in [0.2, 0.25) is 0 Å². The van der Waals surface area contributed by atoms with E-state index in [1.807, 2.05) is 12.1 Å². The largest absolute Gasteiger partial charge is 0.465 e. The summed E-state index contributed by atoms with van der Waals surface area (Å²) in [5.74, 6) is -0.685. The molecule has 0 spiro atoms. The van der Waals surface area contributed by atoms with Crippen molar-refractivity contribution in [2.24, 2.45) is 0 Å². The fraction of sp³-hybridized carbons (Fsp3) is 0.500. The van der Waals surface area contributed by atoms with Crippen molar-refractivity contribution >= 4 is 28.2 Å². The molecule has 2 aromatic rings. The third-order valence-electron chi connectivity index (χ3n) is 6.22. The Morgan fingerprint density at radius 3 is 2.44 bits per heavy atom. The Morgan fingerprint density at radius 1 is 1.03 bits per heavy atom. The van der Waals surface area contributed by atoms with Crippen LogP contribution in [0.25, 0.3) is 0 Å². The molecule has 2 heterocycles. The lowest BCUT2D eigenvalue weighted by Crippen LogP contribution is -2.48. The number of esters is 1. The lowest BCUT2D eigenvalue weighted by atomic mass is 10.1. The van der Waals surface area contributed by atoms with Crippen molar-refractivity contribution in [2.75, 3.05) is 45.2 Å². The van der Waals surface area contributed by atoms with E-state index in [0.717, 1.165) is 76.0 Å². The summed E-state index contributed by atoms with van der Waals surface area (Å²) in [6.07, 6.45) is 5.15. The summed E-state index contributed by atoms with van der Waals surface area (Å²) >= 11 is 1.53. The minimum absolute atomic E-state index is 0.0986. The summed E-state index contributed by atoms with van der Waals surface area (Å²) in [4.78, 5) is 30.9. The van der Waals surface area contributed by atoms with Crippen LogP contribution < -0.4 is 5.32 Å². The monoisotopic (exact) mass is 459 g/mol. The molecule has 0 unspecified atom stereocenters. The predicted molar refractivity (Wildman–Crippen MR) is 124 cm³/mol. The molecule has 4 rings (SSSR count). The Bertz CT molecular complexity index is 952. The van der Waals surface area contributed by atoms with Crippen LogP contribution in [0.1, 0.15) is 45.6 Å². The number of anilines is 1. The molecule has 1 N–H and O–H groups in total. The summed E-state index contributed by atoms with van der Waals surface area (Å²) < 4.78 is 18.1. The van der Waals surface area contributed by atoms with E-state index in [-0.39, 0.29) is 17.7 Å². The van der Waals surface area contributed by atoms with Gasteiger partial charge in [-0.2, -0.15) is 0 Å². The summed E-state index contributed by atoms with van der Waals surface area (Å²) in [5, 5.41) is 3.62. The van der Waals surface area contributed by atoms with Crippen molar-refractivity contribution < 1.29 is 18.7 Å². The number of nitrogens with one attached hydrogen (secondary N) is 1. The third-order valence-corrected chi connectivity index (χ3v) is 7.42. The molecule has 1 fully saturated rings. The SMILES string of the molecule is COC(=O)c1c(NC(=O)CN2CCN(Cc3ccc(F)cc3)CC2)sc2c1CCCCC2. The zero-order chi connectivity index (χ0) is 22.5. The van der Waals surface area contributed by atoms with Gasteiger partial charge in [0.05, 0.1) is 19.2 Å². The van der Waals surface area contributed by atoms with Gasteiger partial charge < -0.3 is 10.1 Å². The number of hydrogen-bond donors (Lipinski definition) is 1. The Kier molecular flexibility index (Phi) is 7.55. The molecule has 0 radical (unpaired) electrons. The number of methoxy groups -OCH3 is 1. The molecule has 172 valence electrons. The average Bonchev–Trinajstić information content (AvgIpc) is 2.96. The molecule has 1 aromatic heterocycles. The average molecular weight is 460 g/mol. The van der Waals surface area contributed by atoms with Crippen LogP contribution in [-0.4, -0.2) is 61.5 Å². The van der Waals surface area contributed by atoms with Crippen molar-refractivity contribution in [1.82, 2.24) is 9.80 Å². The van der Waals surface area contributed by atoms with Crippen LogP contribution >= 0.6 is 11.3 Å². The zero-order valence-electron chi connectivity index (χ0n) is 18.5. The molecule has 8 heteroatoms. The third kappa shape index (κ3) is 5.54. The Morgan fingerprint density at radius 2 is 1.72 bits per heavy atom. The van der Waals surface area contributed by atoms with Crippen LogP contribution in [0.5, 0.6) is 0 Å². The minimum Gasteiger partial charge on any atom is -0.465 e. The maximum atomic E-state index is 13.1. The van der Waals surface area contributed by atoms with Crippen LogP contribution in [0.4, 0.5) is 9.39 Å². The highest BCUT2D eigenvalue weighted by atomic mass is 32.1. The van der Waals surface area contributed by atoms with Crippen LogP contribution in [0, 0.1) is 5.82 Å². The second-order valence-corrected chi connectivity index (χ2v) is 9.59. The van der Waals surface area contributed by atoms with Crippen LogP contribution in [0.15, 0.2) is 24.3 Å². The van der Waals surface area contributed by atoms with Gasteiger partial charge in [-0.3, -0.25) is 14.6 Å². The lowest BCUT2D eigenvalue weighted by molar-refractivity contribution is -0.117. The lowest BCUT2D eigenvalue weighted by Gasteiger charge is -2.34. The number of thiophene rings is 1. The molecule has 2 aliphatic rings. The van der Waals surface area contributed by atoms with Crippen molar-refractivity contribution in [2.45, 2.75) is 38.6 Å². The van der Waals surface area contributed by atoms with E-state index < -0.39 is 0 Å². The molecule has 6 nitrogen and oxygen atoms in total. The molecule has 0 saturated carbocycles. The number of aryl methyl sites for hydroxylation is 1. The number of nitrogens with zero attached hydrogens (tertiary/aromatic N) is 2. The second-order valence-electron chi connectivity index (χ2n) is 8.49. The summed E-state index contributed by atoms with van der Waals surface area (Å²) in [6.45, 7) is 4.37. The van der Waals surface area contributed by atoms with E-state index in [9.17, 15) is 14.0 Å². The molecular formula is C24H30FN3O3S. The predicted octanol–water partition coefficient (Wildman–Crippen LogP) is 3.70. The first kappa shape index (κ1) is 22.9. The second kappa shape index (κ2) is 10.6. The maximum Gasteiger partial charge on any atom is 0.341 e. The molecule has 32 heavy (non-hydrogen) atoms. The number of carbonyl (C=O) groups excluding carboxylic acids is 2. The number of fused-ring (bicyclic) bond motifs is 1. The first-order chi connectivity index (χ1) is 15.5. The Hall–Kier alpha value is -2.29. The molecule has 0 bridgehead atoms. The number of ether oxygens (including phenoxy) is 1. The number of amides is 1. The van der Waals surface area contributed by atoms with Gasteiger partial charge in [-0.25, -0.2) is 9.18 Å². The van der Waals surface area contributed by atoms with E-state index >= 15 is 0 Å². The van der Waals surface area contributed by atoms with Crippen LogP contribution in [0.3, 0.4) is 0 Å². The number of benzene rings is 1. The topological polar surface area (TPSA) is 61.9 Å². The minimum atomic E-state index is -0.367. The molecule has 1 aliphatic carbocycles. The van der Waals surface area contributed by atoms with Gasteiger partial charge in [-0.1, -0.05) is 18.6 Å². The van der Waals surface area contributed by atoms with Gasteiger partial charge >= 0.3 is 5.97 Å². The normalized spacial score (nSPS) is 17.4. The molecular weight excluding hydrogens is 429 g/mol. The van der Waals surface area contributed by atoms with E-state index in [0.29, 0.717) is 17.1 Å². The highest BCUT2D eigenvalue weighted by molar-refractivity contribution is 7.17. The quantitative estimate of drug-likeness (QED) is 0.527. The number of rotatable bonds is 6. The standard InChI is InChI=1S/C24H30FN3O3S/c1-31-24(30)22-19-5-3-2-4-6-20(19)32-23(22)26-21(29)16-28-13-11-27(12-14-28)15-17-7-9-18(25)10-8-17/h7-10H,2-6,11-16H2,1H3,(H,26,29). The summed E-state index contributed by atoms with van der Waals surface area (Å²) in [5.41, 5.74) is 2.70. The van der Waals surface area contributed by atoms with E-state index in [4.69, 9.17) is 4.74 Å². The highest BCUT2D eigenvalue weighted by Crippen LogP contribution is 2.37.